The molecular weight excluding hydrogens is 383 g/mol. The molecule has 0 radical (unpaired) electrons. The van der Waals surface area contributed by atoms with Crippen molar-refractivity contribution in [2.45, 2.75) is 0 Å². The van der Waals surface area contributed by atoms with Crippen molar-refractivity contribution >= 4 is 52.0 Å². The third-order valence-electron chi connectivity index (χ3n) is 4.17. The van der Waals surface area contributed by atoms with Crippen LogP contribution in [0.4, 0.5) is 11.4 Å². The maximum absolute atomic E-state index is 12.9. The Morgan fingerprint density at radius 1 is 0.889 bits per heavy atom. The molecule has 1 aliphatic heterocycles. The minimum Gasteiger partial charge on any atom is -0.320 e. The van der Waals surface area contributed by atoms with Crippen molar-refractivity contribution in [1.82, 2.24) is 0 Å². The summed E-state index contributed by atoms with van der Waals surface area (Å²) in [6.45, 7) is 0. The van der Waals surface area contributed by atoms with Crippen LogP contribution < -0.4 is 5.32 Å². The van der Waals surface area contributed by atoms with Crippen molar-refractivity contribution in [3.05, 3.63) is 93.5 Å². The van der Waals surface area contributed by atoms with Crippen LogP contribution in [0.15, 0.2) is 71.7 Å². The number of benzene rings is 3. The molecule has 0 bridgehead atoms. The van der Waals surface area contributed by atoms with Gasteiger partial charge in [0.15, 0.2) is 5.78 Å². The Hall–Kier alpha value is -2.95. The van der Waals surface area contributed by atoms with Gasteiger partial charge in [0.25, 0.3) is 5.91 Å². The van der Waals surface area contributed by atoms with Gasteiger partial charge in [0.1, 0.15) is 5.71 Å². The second-order valence-corrected chi connectivity index (χ2v) is 6.83. The first-order chi connectivity index (χ1) is 13.0. The first-order valence-electron chi connectivity index (χ1n) is 8.12. The van der Waals surface area contributed by atoms with Crippen molar-refractivity contribution in [3.8, 4) is 0 Å². The standard InChI is InChI=1S/C21H12Cl2N2O2/c22-13-6-8-17-15(10-13)19(21(27)25-17)24-18-9-7-14(23)11-16(18)20(26)12-4-2-1-3-5-12/h1-11H,(H,24,25,27). The predicted molar refractivity (Wildman–Crippen MR) is 108 cm³/mol. The van der Waals surface area contributed by atoms with Crippen molar-refractivity contribution in [2.75, 3.05) is 5.32 Å². The lowest BCUT2D eigenvalue weighted by Crippen LogP contribution is -2.14. The second kappa shape index (κ2) is 6.99. The maximum Gasteiger partial charge on any atom is 0.275 e. The number of carbonyl (C=O) groups is 2. The molecule has 3 aromatic carbocycles. The van der Waals surface area contributed by atoms with Gasteiger partial charge in [0.2, 0.25) is 0 Å². The summed E-state index contributed by atoms with van der Waals surface area (Å²) in [5.41, 5.74) is 2.64. The van der Waals surface area contributed by atoms with E-state index in [2.05, 4.69) is 10.3 Å². The highest BCUT2D eigenvalue weighted by molar-refractivity contribution is 6.54. The number of ketones is 1. The van der Waals surface area contributed by atoms with Crippen LogP contribution in [-0.4, -0.2) is 17.4 Å². The molecule has 1 heterocycles. The first-order valence-corrected chi connectivity index (χ1v) is 8.88. The van der Waals surface area contributed by atoms with Crippen molar-refractivity contribution in [3.63, 3.8) is 0 Å². The summed E-state index contributed by atoms with van der Waals surface area (Å²) in [7, 11) is 0. The molecule has 4 rings (SSSR count). The molecule has 1 aliphatic rings. The van der Waals surface area contributed by atoms with Gasteiger partial charge in [-0.1, -0.05) is 53.5 Å². The number of rotatable bonds is 3. The quantitative estimate of drug-likeness (QED) is 0.612. The highest BCUT2D eigenvalue weighted by atomic mass is 35.5. The fourth-order valence-corrected chi connectivity index (χ4v) is 3.23. The minimum atomic E-state index is -0.347. The molecule has 0 aliphatic carbocycles. The summed E-state index contributed by atoms with van der Waals surface area (Å²) in [5.74, 6) is -0.567. The van der Waals surface area contributed by atoms with Gasteiger partial charge in [0, 0.05) is 26.7 Å². The zero-order valence-electron chi connectivity index (χ0n) is 13.9. The van der Waals surface area contributed by atoms with Crippen LogP contribution in [-0.2, 0) is 4.79 Å². The van der Waals surface area contributed by atoms with Crippen LogP contribution in [0.25, 0.3) is 0 Å². The summed E-state index contributed by atoms with van der Waals surface area (Å²) >= 11 is 12.2. The number of anilines is 1. The van der Waals surface area contributed by atoms with Gasteiger partial charge in [-0.15, -0.1) is 0 Å². The zero-order chi connectivity index (χ0) is 19.0. The van der Waals surface area contributed by atoms with Crippen LogP contribution >= 0.6 is 23.2 Å². The Morgan fingerprint density at radius 2 is 1.59 bits per heavy atom. The van der Waals surface area contributed by atoms with E-state index < -0.39 is 0 Å². The second-order valence-electron chi connectivity index (χ2n) is 5.96. The molecule has 0 fully saturated rings. The Bertz CT molecular complexity index is 1110. The molecule has 0 unspecified atom stereocenters. The molecule has 132 valence electrons. The van der Waals surface area contributed by atoms with E-state index in [1.165, 1.54) is 0 Å². The average molecular weight is 395 g/mol. The van der Waals surface area contributed by atoms with Gasteiger partial charge in [-0.3, -0.25) is 9.59 Å². The smallest absolute Gasteiger partial charge is 0.275 e. The zero-order valence-corrected chi connectivity index (χ0v) is 15.4. The number of aliphatic imine (C=N–C) groups is 1. The first kappa shape index (κ1) is 17.5. The fourth-order valence-electron chi connectivity index (χ4n) is 2.89. The van der Waals surface area contributed by atoms with E-state index in [-0.39, 0.29) is 17.4 Å². The van der Waals surface area contributed by atoms with Gasteiger partial charge in [-0.2, -0.15) is 0 Å². The van der Waals surface area contributed by atoms with Crippen LogP contribution in [0.5, 0.6) is 0 Å². The van der Waals surface area contributed by atoms with Crippen molar-refractivity contribution in [1.29, 1.82) is 0 Å². The molecule has 27 heavy (non-hydrogen) atoms. The lowest BCUT2D eigenvalue weighted by atomic mass is 10.0. The lowest BCUT2D eigenvalue weighted by Gasteiger charge is -2.07. The normalized spacial score (nSPS) is 14.1. The number of fused-ring (bicyclic) bond motifs is 1. The fraction of sp³-hybridized carbons (Fsp3) is 0. The molecule has 4 nitrogen and oxygen atoms in total. The Morgan fingerprint density at radius 3 is 2.37 bits per heavy atom. The third kappa shape index (κ3) is 3.37. The van der Waals surface area contributed by atoms with Crippen molar-refractivity contribution in [2.24, 2.45) is 4.99 Å². The van der Waals surface area contributed by atoms with Gasteiger partial charge in [-0.25, -0.2) is 4.99 Å². The number of halogens is 2. The van der Waals surface area contributed by atoms with E-state index in [1.54, 1.807) is 60.7 Å². The SMILES string of the molecule is O=C1Nc2ccc(Cl)cc2C1=Nc1ccc(Cl)cc1C(=O)c1ccccc1. The number of amides is 1. The summed E-state index contributed by atoms with van der Waals surface area (Å²) in [5, 5.41) is 3.66. The monoisotopic (exact) mass is 394 g/mol. The third-order valence-corrected chi connectivity index (χ3v) is 4.64. The molecule has 6 heteroatoms. The lowest BCUT2D eigenvalue weighted by molar-refractivity contribution is -0.110. The number of nitrogens with one attached hydrogen (secondary N) is 1. The minimum absolute atomic E-state index is 0.205. The molecule has 0 saturated heterocycles. The van der Waals surface area contributed by atoms with Gasteiger partial charge >= 0.3 is 0 Å². The highest BCUT2D eigenvalue weighted by Gasteiger charge is 2.27. The summed E-state index contributed by atoms with van der Waals surface area (Å²) in [6.07, 6.45) is 0. The molecule has 0 atom stereocenters. The Labute approximate surface area is 165 Å². The molecule has 3 aromatic rings. The van der Waals surface area contributed by atoms with E-state index >= 15 is 0 Å². The summed E-state index contributed by atoms with van der Waals surface area (Å²) < 4.78 is 0. The molecular formula is C21H12Cl2N2O2. The highest BCUT2D eigenvalue weighted by Crippen LogP contribution is 2.31. The molecule has 0 aromatic heterocycles. The number of carbonyl (C=O) groups excluding carboxylic acids is 2. The van der Waals surface area contributed by atoms with E-state index in [0.717, 1.165) is 0 Å². The van der Waals surface area contributed by atoms with Gasteiger partial charge < -0.3 is 5.32 Å². The average Bonchev–Trinajstić information content (AvgIpc) is 2.98. The largest absolute Gasteiger partial charge is 0.320 e. The van der Waals surface area contributed by atoms with Crippen LogP contribution in [0.2, 0.25) is 10.0 Å². The van der Waals surface area contributed by atoms with E-state index in [1.807, 2.05) is 6.07 Å². The predicted octanol–water partition coefficient (Wildman–Crippen LogP) is 5.30. The van der Waals surface area contributed by atoms with Gasteiger partial charge in [-0.05, 0) is 36.4 Å². The van der Waals surface area contributed by atoms with Crippen LogP contribution in [0, 0.1) is 0 Å². The maximum atomic E-state index is 12.9. The van der Waals surface area contributed by atoms with Crippen LogP contribution in [0.3, 0.4) is 0 Å². The molecule has 0 saturated carbocycles. The number of hydrogen-bond acceptors (Lipinski definition) is 3. The Balaban J connectivity index is 1.85. The van der Waals surface area contributed by atoms with E-state index in [9.17, 15) is 9.59 Å². The molecule has 1 N–H and O–H groups in total. The summed E-state index contributed by atoms with van der Waals surface area (Å²) in [6, 6.07) is 18.7. The van der Waals surface area contributed by atoms with Gasteiger partial charge in [0.05, 0.1) is 11.4 Å². The number of nitrogens with zero attached hydrogens (tertiary/aromatic N) is 1. The molecule has 0 spiro atoms. The van der Waals surface area contributed by atoms with E-state index in [4.69, 9.17) is 23.2 Å². The number of hydrogen-bond donors (Lipinski definition) is 1. The summed E-state index contributed by atoms with van der Waals surface area (Å²) in [4.78, 5) is 29.8. The van der Waals surface area contributed by atoms with Crippen molar-refractivity contribution < 1.29 is 9.59 Å². The van der Waals surface area contributed by atoms with E-state index in [0.29, 0.717) is 38.1 Å². The van der Waals surface area contributed by atoms with Crippen LogP contribution in [0.1, 0.15) is 21.5 Å². The topological polar surface area (TPSA) is 58.5 Å². The molecule has 1 amide bonds. The Kier molecular flexibility index (Phi) is 4.52.